The molecule has 1 N–H and O–H groups in total. The van der Waals surface area contributed by atoms with Crippen molar-refractivity contribution in [1.29, 1.82) is 0 Å². The third-order valence-electron chi connectivity index (χ3n) is 3.18. The van der Waals surface area contributed by atoms with Crippen LogP contribution in [0.15, 0.2) is 33.8 Å². The highest BCUT2D eigenvalue weighted by molar-refractivity contribution is 9.10. The number of nitrogens with zero attached hydrogens (tertiary/aromatic N) is 2. The Morgan fingerprint density at radius 1 is 1.26 bits per heavy atom. The minimum Gasteiger partial charge on any atom is -0.495 e. The van der Waals surface area contributed by atoms with Crippen LogP contribution in [0.3, 0.4) is 0 Å². The van der Waals surface area contributed by atoms with Crippen LogP contribution in [-0.2, 0) is 6.54 Å². The van der Waals surface area contributed by atoms with Crippen LogP contribution in [-0.4, -0.2) is 23.8 Å². The van der Waals surface area contributed by atoms with Crippen LogP contribution < -0.4 is 20.3 Å². The molecule has 0 saturated heterocycles. The maximum absolute atomic E-state index is 12.5. The number of hydrogen-bond acceptors (Lipinski definition) is 5. The number of methoxy groups -OCH3 is 2. The Hall–Kier alpha value is -2.02. The third kappa shape index (κ3) is 4.04. The van der Waals surface area contributed by atoms with E-state index < -0.39 is 0 Å². The van der Waals surface area contributed by atoms with Gasteiger partial charge in [-0.05, 0) is 21.8 Å². The summed E-state index contributed by atoms with van der Waals surface area (Å²) >= 11 is 3.42. The summed E-state index contributed by atoms with van der Waals surface area (Å²) in [6.07, 6.45) is 3.30. The van der Waals surface area contributed by atoms with Gasteiger partial charge in [0.1, 0.15) is 16.0 Å². The Morgan fingerprint density at radius 3 is 2.39 bits per heavy atom. The highest BCUT2D eigenvalue weighted by Crippen LogP contribution is 2.37. The minimum absolute atomic E-state index is 0.165. The first-order valence-electron chi connectivity index (χ1n) is 7.20. The summed E-state index contributed by atoms with van der Waals surface area (Å²) < 4.78 is 13.0. The van der Waals surface area contributed by atoms with Crippen molar-refractivity contribution in [2.75, 3.05) is 19.5 Å². The fourth-order valence-electron chi connectivity index (χ4n) is 2.15. The molecule has 0 aliphatic rings. The summed E-state index contributed by atoms with van der Waals surface area (Å²) in [6.45, 7) is 4.76. The number of halogens is 1. The number of hydrogen-bond donors (Lipinski definition) is 1. The van der Waals surface area contributed by atoms with Gasteiger partial charge in [0, 0.05) is 36.8 Å². The molecule has 0 bridgehead atoms. The quantitative estimate of drug-likeness (QED) is 0.830. The molecule has 1 aromatic heterocycles. The maximum Gasteiger partial charge on any atom is 0.293 e. The number of benzene rings is 1. The molecular weight excluding hydrogens is 362 g/mol. The molecule has 0 unspecified atom stereocenters. The molecular formula is C16H20BrN3O3. The number of nitrogens with one attached hydrogen (secondary N) is 1. The van der Waals surface area contributed by atoms with Gasteiger partial charge in [0.15, 0.2) is 5.82 Å². The zero-order valence-corrected chi connectivity index (χ0v) is 15.2. The van der Waals surface area contributed by atoms with Gasteiger partial charge in [-0.25, -0.2) is 4.98 Å². The Bertz CT molecular complexity index is 719. The standard InChI is InChI=1S/C16H20BrN3O3/c1-10(2)9-20-6-5-18-15(16(20)21)19-11-7-12(22-3)14(17)13(8-11)23-4/h5-8,10H,9H2,1-4H3,(H,18,19). The number of anilines is 2. The molecule has 0 atom stereocenters. The van der Waals surface area contributed by atoms with Gasteiger partial charge in [0.05, 0.1) is 14.2 Å². The summed E-state index contributed by atoms with van der Waals surface area (Å²) in [5.74, 6) is 1.84. The van der Waals surface area contributed by atoms with E-state index in [0.29, 0.717) is 34.1 Å². The van der Waals surface area contributed by atoms with Crippen molar-refractivity contribution >= 4 is 27.4 Å². The monoisotopic (exact) mass is 381 g/mol. The topological polar surface area (TPSA) is 65.4 Å². The molecule has 1 heterocycles. The summed E-state index contributed by atoms with van der Waals surface area (Å²) in [4.78, 5) is 16.6. The summed E-state index contributed by atoms with van der Waals surface area (Å²) in [5.41, 5.74) is 0.496. The van der Waals surface area contributed by atoms with Crippen molar-refractivity contribution in [2.45, 2.75) is 20.4 Å². The molecule has 124 valence electrons. The Kier molecular flexibility index (Phi) is 5.65. The second kappa shape index (κ2) is 7.50. The fourth-order valence-corrected chi connectivity index (χ4v) is 2.70. The lowest BCUT2D eigenvalue weighted by Crippen LogP contribution is -2.25. The smallest absolute Gasteiger partial charge is 0.293 e. The van der Waals surface area contributed by atoms with E-state index in [1.54, 1.807) is 43.3 Å². The van der Waals surface area contributed by atoms with Crippen LogP contribution in [0.4, 0.5) is 11.5 Å². The van der Waals surface area contributed by atoms with E-state index in [4.69, 9.17) is 9.47 Å². The molecule has 6 nitrogen and oxygen atoms in total. The van der Waals surface area contributed by atoms with Gasteiger partial charge < -0.3 is 19.4 Å². The largest absolute Gasteiger partial charge is 0.495 e. The number of aromatic nitrogens is 2. The second-order valence-corrected chi connectivity index (χ2v) is 6.24. The van der Waals surface area contributed by atoms with Crippen molar-refractivity contribution in [1.82, 2.24) is 9.55 Å². The normalized spacial score (nSPS) is 10.7. The highest BCUT2D eigenvalue weighted by atomic mass is 79.9. The molecule has 0 aliphatic heterocycles. The number of ether oxygens (including phenoxy) is 2. The molecule has 0 amide bonds. The van der Waals surface area contributed by atoms with Crippen LogP contribution in [0.5, 0.6) is 11.5 Å². The molecule has 2 aromatic rings. The highest BCUT2D eigenvalue weighted by Gasteiger charge is 2.12. The molecule has 23 heavy (non-hydrogen) atoms. The van der Waals surface area contributed by atoms with Gasteiger partial charge in [-0.2, -0.15) is 0 Å². The zero-order chi connectivity index (χ0) is 17.0. The minimum atomic E-state index is -0.165. The first-order chi connectivity index (χ1) is 11.0. The van der Waals surface area contributed by atoms with Crippen molar-refractivity contribution in [2.24, 2.45) is 5.92 Å². The van der Waals surface area contributed by atoms with Crippen molar-refractivity contribution in [3.63, 3.8) is 0 Å². The van der Waals surface area contributed by atoms with E-state index in [1.807, 2.05) is 0 Å². The predicted molar refractivity (Wildman–Crippen MR) is 93.9 cm³/mol. The van der Waals surface area contributed by atoms with Crippen LogP contribution in [0.2, 0.25) is 0 Å². The van der Waals surface area contributed by atoms with Crippen LogP contribution >= 0.6 is 15.9 Å². The van der Waals surface area contributed by atoms with E-state index in [2.05, 4.69) is 40.1 Å². The molecule has 1 aromatic carbocycles. The van der Waals surface area contributed by atoms with E-state index in [0.717, 1.165) is 0 Å². The van der Waals surface area contributed by atoms with Crippen molar-refractivity contribution in [3.8, 4) is 11.5 Å². The van der Waals surface area contributed by atoms with Gasteiger partial charge in [-0.15, -0.1) is 0 Å². The van der Waals surface area contributed by atoms with E-state index in [9.17, 15) is 4.79 Å². The lowest BCUT2D eigenvalue weighted by atomic mass is 10.2. The van der Waals surface area contributed by atoms with E-state index in [-0.39, 0.29) is 11.4 Å². The Morgan fingerprint density at radius 2 is 1.87 bits per heavy atom. The first kappa shape index (κ1) is 17.3. The van der Waals surface area contributed by atoms with Crippen LogP contribution in [0.25, 0.3) is 0 Å². The van der Waals surface area contributed by atoms with Gasteiger partial charge in [-0.1, -0.05) is 13.8 Å². The summed E-state index contributed by atoms with van der Waals surface area (Å²) in [6, 6.07) is 3.54. The molecule has 0 spiro atoms. The summed E-state index contributed by atoms with van der Waals surface area (Å²) in [5, 5.41) is 3.04. The molecule has 0 fully saturated rings. The zero-order valence-electron chi connectivity index (χ0n) is 13.6. The molecule has 0 aliphatic carbocycles. The average Bonchev–Trinajstić information content (AvgIpc) is 2.52. The van der Waals surface area contributed by atoms with Gasteiger partial charge in [-0.3, -0.25) is 4.79 Å². The fraction of sp³-hybridized carbons (Fsp3) is 0.375. The van der Waals surface area contributed by atoms with Crippen molar-refractivity contribution in [3.05, 3.63) is 39.4 Å². The van der Waals surface area contributed by atoms with Crippen molar-refractivity contribution < 1.29 is 9.47 Å². The molecule has 2 rings (SSSR count). The van der Waals surface area contributed by atoms with E-state index >= 15 is 0 Å². The average molecular weight is 382 g/mol. The third-order valence-corrected chi connectivity index (χ3v) is 3.97. The van der Waals surface area contributed by atoms with E-state index in [1.165, 1.54) is 0 Å². The van der Waals surface area contributed by atoms with Crippen LogP contribution in [0, 0.1) is 5.92 Å². The van der Waals surface area contributed by atoms with Gasteiger partial charge in [0.2, 0.25) is 0 Å². The Balaban J connectivity index is 2.38. The van der Waals surface area contributed by atoms with Crippen LogP contribution in [0.1, 0.15) is 13.8 Å². The SMILES string of the molecule is COc1cc(Nc2nccn(CC(C)C)c2=O)cc(OC)c1Br. The summed E-state index contributed by atoms with van der Waals surface area (Å²) in [7, 11) is 3.14. The lowest BCUT2D eigenvalue weighted by Gasteiger charge is -2.13. The molecule has 0 saturated carbocycles. The van der Waals surface area contributed by atoms with Gasteiger partial charge in [0.25, 0.3) is 5.56 Å². The Labute approximate surface area is 143 Å². The first-order valence-corrected chi connectivity index (χ1v) is 7.99. The second-order valence-electron chi connectivity index (χ2n) is 5.45. The number of rotatable bonds is 6. The molecule has 0 radical (unpaired) electrons. The maximum atomic E-state index is 12.5. The lowest BCUT2D eigenvalue weighted by molar-refractivity contribution is 0.390. The molecule has 7 heteroatoms. The van der Waals surface area contributed by atoms with Gasteiger partial charge >= 0.3 is 0 Å². The predicted octanol–water partition coefficient (Wildman–Crippen LogP) is 3.42.